The van der Waals surface area contributed by atoms with E-state index in [1.807, 2.05) is 0 Å². The van der Waals surface area contributed by atoms with Crippen molar-refractivity contribution in [3.05, 3.63) is 45.0 Å². The van der Waals surface area contributed by atoms with E-state index < -0.39 is 35.2 Å². The molecule has 1 N–H and O–H groups in total. The van der Waals surface area contributed by atoms with Crippen LogP contribution in [0, 0.1) is 27.9 Å². The van der Waals surface area contributed by atoms with Gasteiger partial charge in [0.1, 0.15) is 5.78 Å². The van der Waals surface area contributed by atoms with Gasteiger partial charge in [-0.15, -0.1) is 0 Å². The molecule has 1 aromatic rings. The molecule has 1 saturated carbocycles. The topological polar surface area (TPSA) is 116 Å². The molecule has 1 aliphatic rings. The van der Waals surface area contributed by atoms with Crippen LogP contribution in [0.3, 0.4) is 0 Å². The molecule has 8 nitrogen and oxygen atoms in total. The smallest absolute Gasteiger partial charge is 0.307 e. The number of halogens is 1. The number of nitrogens with zero attached hydrogens (tertiary/aromatic N) is 1. The molecule has 1 amide bonds. The van der Waals surface area contributed by atoms with Crippen LogP contribution < -0.4 is 5.32 Å². The van der Waals surface area contributed by atoms with E-state index in [0.29, 0.717) is 5.02 Å². The predicted octanol–water partition coefficient (Wildman–Crippen LogP) is 2.01. The van der Waals surface area contributed by atoms with E-state index in [2.05, 4.69) is 5.32 Å². The van der Waals surface area contributed by atoms with Crippen molar-refractivity contribution in [1.82, 2.24) is 5.32 Å². The molecule has 146 valence electrons. The molecule has 0 saturated heterocycles. The number of carbonyl (C=O) groups is 3. The highest BCUT2D eigenvalue weighted by Gasteiger charge is 2.44. The van der Waals surface area contributed by atoms with Gasteiger partial charge in [-0.25, -0.2) is 0 Å². The summed E-state index contributed by atoms with van der Waals surface area (Å²) in [4.78, 5) is 46.1. The molecule has 0 radical (unpaired) electrons. The molecule has 1 fully saturated rings. The van der Waals surface area contributed by atoms with E-state index in [1.165, 1.54) is 0 Å². The van der Waals surface area contributed by atoms with Gasteiger partial charge in [-0.05, 0) is 17.5 Å². The van der Waals surface area contributed by atoms with Crippen molar-refractivity contribution in [2.45, 2.75) is 26.3 Å². The second-order valence-corrected chi connectivity index (χ2v) is 7.07. The highest BCUT2D eigenvalue weighted by molar-refractivity contribution is 6.31. The van der Waals surface area contributed by atoms with Crippen molar-refractivity contribution in [3.63, 3.8) is 0 Å². The van der Waals surface area contributed by atoms with Crippen LogP contribution in [0.4, 0.5) is 0 Å². The van der Waals surface area contributed by atoms with Crippen molar-refractivity contribution in [3.8, 4) is 0 Å². The lowest BCUT2D eigenvalue weighted by Gasteiger charge is -2.17. The number of benzene rings is 1. The average molecular weight is 397 g/mol. The number of hydrogen-bond acceptors (Lipinski definition) is 6. The van der Waals surface area contributed by atoms with Crippen LogP contribution >= 0.6 is 11.6 Å². The first-order valence-corrected chi connectivity index (χ1v) is 8.96. The average Bonchev–Trinajstić information content (AvgIpc) is 2.85. The van der Waals surface area contributed by atoms with Crippen molar-refractivity contribution in [2.24, 2.45) is 17.8 Å². The molecule has 0 aromatic heterocycles. The Labute approximate surface area is 161 Å². The first-order valence-electron chi connectivity index (χ1n) is 8.58. The number of hydrogen-bond donors (Lipinski definition) is 1. The van der Waals surface area contributed by atoms with Gasteiger partial charge in [-0.3, -0.25) is 24.5 Å². The first-order chi connectivity index (χ1) is 12.8. The zero-order valence-corrected chi connectivity index (χ0v) is 15.6. The van der Waals surface area contributed by atoms with E-state index in [9.17, 15) is 24.5 Å². The summed E-state index contributed by atoms with van der Waals surface area (Å²) in [6.45, 7) is 1.11. The Hall–Kier alpha value is -2.48. The minimum atomic E-state index is -0.732. The second kappa shape index (κ2) is 9.45. The van der Waals surface area contributed by atoms with Crippen molar-refractivity contribution < 1.29 is 24.0 Å². The lowest BCUT2D eigenvalue weighted by Crippen LogP contribution is -2.30. The molecule has 0 aliphatic heterocycles. The summed E-state index contributed by atoms with van der Waals surface area (Å²) in [5, 5.41) is 13.9. The van der Waals surface area contributed by atoms with E-state index in [-0.39, 0.29) is 37.6 Å². The highest BCUT2D eigenvalue weighted by atomic mass is 35.5. The number of amides is 1. The highest BCUT2D eigenvalue weighted by Crippen LogP contribution is 2.36. The lowest BCUT2D eigenvalue weighted by atomic mass is 9.88. The number of nitro groups is 1. The summed E-state index contributed by atoms with van der Waals surface area (Å²) >= 11 is 5.99. The van der Waals surface area contributed by atoms with E-state index in [0.717, 1.165) is 5.56 Å². The molecule has 0 bridgehead atoms. The van der Waals surface area contributed by atoms with E-state index in [1.54, 1.807) is 31.2 Å². The summed E-state index contributed by atoms with van der Waals surface area (Å²) in [5.41, 5.74) is 0.729. The SMILES string of the molecule is C[C@H]1CC(=O)[C@@H](CC(=O)OCC(=O)NCc2ccccc2Cl)[C@@H]1C[N+](=O)[O-]. The Morgan fingerprint density at radius 3 is 2.74 bits per heavy atom. The number of ether oxygens (including phenoxy) is 1. The Kier molecular flexibility index (Phi) is 7.29. The predicted molar refractivity (Wildman–Crippen MR) is 96.5 cm³/mol. The fourth-order valence-electron chi connectivity index (χ4n) is 3.27. The maximum absolute atomic E-state index is 12.0. The van der Waals surface area contributed by atoms with Crippen LogP contribution in [0.5, 0.6) is 0 Å². The quantitative estimate of drug-likeness (QED) is 0.408. The Balaban J connectivity index is 1.79. The van der Waals surface area contributed by atoms with Gasteiger partial charge in [0.05, 0.1) is 6.42 Å². The fraction of sp³-hybridized carbons (Fsp3) is 0.500. The monoisotopic (exact) mass is 396 g/mol. The molecule has 1 aliphatic carbocycles. The zero-order chi connectivity index (χ0) is 20.0. The van der Waals surface area contributed by atoms with Gasteiger partial charge in [0.2, 0.25) is 6.54 Å². The van der Waals surface area contributed by atoms with Crippen LogP contribution in [-0.4, -0.2) is 35.7 Å². The van der Waals surface area contributed by atoms with Gasteiger partial charge >= 0.3 is 5.97 Å². The van der Waals surface area contributed by atoms with Crippen molar-refractivity contribution >= 4 is 29.3 Å². The Bertz CT molecular complexity index is 738. The molecule has 3 atom stereocenters. The minimum Gasteiger partial charge on any atom is -0.456 e. The van der Waals surface area contributed by atoms with Gasteiger partial charge in [0.15, 0.2) is 6.61 Å². The largest absolute Gasteiger partial charge is 0.456 e. The molecule has 1 aromatic carbocycles. The second-order valence-electron chi connectivity index (χ2n) is 6.67. The molecular formula is C18H21ClN2O6. The minimum absolute atomic E-state index is 0.153. The van der Waals surface area contributed by atoms with Crippen LogP contribution in [0.2, 0.25) is 5.02 Å². The number of esters is 1. The van der Waals surface area contributed by atoms with Crippen molar-refractivity contribution in [2.75, 3.05) is 13.2 Å². The third-order valence-corrected chi connectivity index (χ3v) is 5.10. The zero-order valence-electron chi connectivity index (χ0n) is 14.9. The number of Topliss-reactive ketones (excluding diaryl/α,β-unsaturated/α-hetero) is 1. The van der Waals surface area contributed by atoms with Crippen LogP contribution in [0.15, 0.2) is 24.3 Å². The summed E-state index contributed by atoms with van der Waals surface area (Å²) in [5.74, 6) is -2.77. The van der Waals surface area contributed by atoms with Gasteiger partial charge in [0.25, 0.3) is 5.91 Å². The van der Waals surface area contributed by atoms with Crippen molar-refractivity contribution in [1.29, 1.82) is 0 Å². The number of rotatable bonds is 8. The third kappa shape index (κ3) is 6.02. The molecular weight excluding hydrogens is 376 g/mol. The van der Waals surface area contributed by atoms with Crippen LogP contribution in [0.25, 0.3) is 0 Å². The normalized spacial score (nSPS) is 21.7. The van der Waals surface area contributed by atoms with Crippen LogP contribution in [-0.2, 0) is 25.7 Å². The van der Waals surface area contributed by atoms with Gasteiger partial charge < -0.3 is 10.1 Å². The van der Waals surface area contributed by atoms with E-state index in [4.69, 9.17) is 16.3 Å². The summed E-state index contributed by atoms with van der Waals surface area (Å²) < 4.78 is 4.92. The standard InChI is InChI=1S/C18H21ClN2O6/c1-11-6-16(22)13(14(11)9-21(25)26)7-18(24)27-10-17(23)20-8-12-4-2-3-5-15(12)19/h2-5,11,13-14H,6-10H2,1H3,(H,20,23)/t11-,13-,14+/m0/s1. The molecule has 2 rings (SSSR count). The van der Waals surface area contributed by atoms with E-state index >= 15 is 0 Å². The third-order valence-electron chi connectivity index (χ3n) is 4.73. The fourth-order valence-corrected chi connectivity index (χ4v) is 3.47. The maximum atomic E-state index is 12.0. The maximum Gasteiger partial charge on any atom is 0.307 e. The molecule has 0 heterocycles. The number of ketones is 1. The number of carbonyl (C=O) groups excluding carboxylic acids is 3. The van der Waals surface area contributed by atoms with Gasteiger partial charge in [-0.1, -0.05) is 36.7 Å². The van der Waals surface area contributed by atoms with Gasteiger partial charge in [-0.2, -0.15) is 0 Å². The Morgan fingerprint density at radius 2 is 2.07 bits per heavy atom. The molecule has 0 unspecified atom stereocenters. The lowest BCUT2D eigenvalue weighted by molar-refractivity contribution is -0.490. The van der Waals surface area contributed by atoms with Gasteiger partial charge in [0, 0.05) is 34.7 Å². The number of nitrogens with one attached hydrogen (secondary N) is 1. The van der Waals surface area contributed by atoms with Crippen LogP contribution in [0.1, 0.15) is 25.3 Å². The molecule has 9 heteroatoms. The molecule has 27 heavy (non-hydrogen) atoms. The molecule has 0 spiro atoms. The summed E-state index contributed by atoms with van der Waals surface area (Å²) in [7, 11) is 0. The first kappa shape index (κ1) is 20.8. The summed E-state index contributed by atoms with van der Waals surface area (Å²) in [6.07, 6.45) is -0.0335. The summed E-state index contributed by atoms with van der Waals surface area (Å²) in [6, 6.07) is 7.02. The Morgan fingerprint density at radius 1 is 1.37 bits per heavy atom.